The molecule has 1 amide bonds. The van der Waals surface area contributed by atoms with E-state index in [9.17, 15) is 13.2 Å². The number of sulfonamides is 1. The molecule has 0 spiro atoms. The molecular formula is C21H26N2O4S. The smallest absolute Gasteiger partial charge is 0.249 e. The highest BCUT2D eigenvalue weighted by atomic mass is 32.2. The summed E-state index contributed by atoms with van der Waals surface area (Å²) in [5.41, 5.74) is 3.80. The lowest BCUT2D eigenvalue weighted by atomic mass is 10.0. The molecule has 7 heteroatoms. The van der Waals surface area contributed by atoms with E-state index in [1.165, 1.54) is 11.2 Å². The summed E-state index contributed by atoms with van der Waals surface area (Å²) in [6, 6.07) is 10.9. The van der Waals surface area contributed by atoms with Crippen molar-refractivity contribution < 1.29 is 17.9 Å². The van der Waals surface area contributed by atoms with E-state index >= 15 is 0 Å². The fraction of sp³-hybridized carbons (Fsp3) is 0.381. The van der Waals surface area contributed by atoms with E-state index in [1.54, 1.807) is 25.3 Å². The van der Waals surface area contributed by atoms with Crippen LogP contribution in [0.1, 0.15) is 30.0 Å². The standard InChI is InChI=1S/C21H26N2O4S/c1-14-7-6-8-15(2)19(14)23-12-11-21(4,28(23,25)26)20(24)22-18-10-9-17(27-5)13-16(18)3/h6-10,13H,11-12H2,1-5H3,(H,22,24)/t21-/m1/s1. The summed E-state index contributed by atoms with van der Waals surface area (Å²) in [6.45, 7) is 7.39. The lowest BCUT2D eigenvalue weighted by Gasteiger charge is -2.27. The van der Waals surface area contributed by atoms with Gasteiger partial charge >= 0.3 is 0 Å². The molecule has 2 aromatic carbocycles. The molecule has 150 valence electrons. The quantitative estimate of drug-likeness (QED) is 0.848. The number of nitrogens with one attached hydrogen (secondary N) is 1. The average Bonchev–Trinajstić information content (AvgIpc) is 2.88. The van der Waals surface area contributed by atoms with E-state index in [0.29, 0.717) is 17.1 Å². The molecular weight excluding hydrogens is 376 g/mol. The zero-order valence-corrected chi connectivity index (χ0v) is 17.7. The first-order valence-electron chi connectivity index (χ1n) is 9.16. The Morgan fingerprint density at radius 1 is 1.11 bits per heavy atom. The normalized spacial score (nSPS) is 20.8. The van der Waals surface area contributed by atoms with Crippen LogP contribution in [0.3, 0.4) is 0 Å². The van der Waals surface area contributed by atoms with E-state index < -0.39 is 20.7 Å². The first kappa shape index (κ1) is 20.2. The van der Waals surface area contributed by atoms with Crippen LogP contribution < -0.4 is 14.4 Å². The molecule has 0 aliphatic carbocycles. The van der Waals surface area contributed by atoms with Crippen LogP contribution in [-0.4, -0.2) is 32.7 Å². The molecule has 6 nitrogen and oxygen atoms in total. The van der Waals surface area contributed by atoms with Crippen LogP contribution in [0.2, 0.25) is 0 Å². The number of hydrogen-bond acceptors (Lipinski definition) is 4. The predicted molar refractivity (Wildman–Crippen MR) is 112 cm³/mol. The van der Waals surface area contributed by atoms with Gasteiger partial charge in [0.05, 0.1) is 12.8 Å². The van der Waals surface area contributed by atoms with Gasteiger partial charge in [-0.2, -0.15) is 0 Å². The summed E-state index contributed by atoms with van der Waals surface area (Å²) in [4.78, 5) is 13.1. The molecule has 1 N–H and O–H groups in total. The molecule has 0 bridgehead atoms. The number of nitrogens with zero attached hydrogens (tertiary/aromatic N) is 1. The maximum absolute atomic E-state index is 13.4. The van der Waals surface area contributed by atoms with Crippen LogP contribution in [0.15, 0.2) is 36.4 Å². The number of amides is 1. The lowest BCUT2D eigenvalue weighted by molar-refractivity contribution is -0.118. The molecule has 1 aliphatic rings. The van der Waals surface area contributed by atoms with Crippen molar-refractivity contribution in [1.82, 2.24) is 0 Å². The van der Waals surface area contributed by atoms with Crippen molar-refractivity contribution >= 4 is 27.3 Å². The molecule has 1 saturated heterocycles. The number of methoxy groups -OCH3 is 1. The summed E-state index contributed by atoms with van der Waals surface area (Å²) in [5, 5.41) is 2.80. The van der Waals surface area contributed by atoms with Crippen molar-refractivity contribution in [2.45, 2.75) is 38.9 Å². The maximum atomic E-state index is 13.4. The third-order valence-corrected chi connectivity index (χ3v) is 7.98. The van der Waals surface area contributed by atoms with E-state index in [4.69, 9.17) is 4.74 Å². The highest BCUT2D eigenvalue weighted by Crippen LogP contribution is 2.40. The molecule has 3 rings (SSSR count). The summed E-state index contributed by atoms with van der Waals surface area (Å²) >= 11 is 0. The molecule has 0 radical (unpaired) electrons. The third kappa shape index (κ3) is 3.13. The molecule has 2 aromatic rings. The zero-order chi connectivity index (χ0) is 20.7. The van der Waals surface area contributed by atoms with Gasteiger partial charge < -0.3 is 10.1 Å². The third-order valence-electron chi connectivity index (χ3n) is 5.50. The van der Waals surface area contributed by atoms with Gasteiger partial charge in [0.15, 0.2) is 4.75 Å². The summed E-state index contributed by atoms with van der Waals surface area (Å²) in [5.74, 6) is 0.158. The van der Waals surface area contributed by atoms with Crippen molar-refractivity contribution in [1.29, 1.82) is 0 Å². The molecule has 1 atom stereocenters. The number of hydrogen-bond donors (Lipinski definition) is 1. The van der Waals surface area contributed by atoms with Crippen molar-refractivity contribution in [3.8, 4) is 5.75 Å². The Balaban J connectivity index is 1.93. The molecule has 28 heavy (non-hydrogen) atoms. The Bertz CT molecular complexity index is 1010. The number of aryl methyl sites for hydroxylation is 3. The Hall–Kier alpha value is -2.54. The first-order valence-corrected chi connectivity index (χ1v) is 10.6. The van der Waals surface area contributed by atoms with Crippen LogP contribution >= 0.6 is 0 Å². The van der Waals surface area contributed by atoms with Crippen molar-refractivity contribution in [2.24, 2.45) is 0 Å². The number of para-hydroxylation sites is 1. The Labute approximate surface area is 166 Å². The van der Waals surface area contributed by atoms with E-state index in [1.807, 2.05) is 39.0 Å². The molecule has 1 aliphatic heterocycles. The number of carbonyl (C=O) groups excluding carboxylic acids is 1. The van der Waals surface area contributed by atoms with Crippen LogP contribution in [-0.2, 0) is 14.8 Å². The molecule has 0 unspecified atom stereocenters. The highest BCUT2D eigenvalue weighted by Gasteiger charge is 2.55. The molecule has 0 aromatic heterocycles. The second-order valence-electron chi connectivity index (χ2n) is 7.43. The van der Waals surface area contributed by atoms with Gasteiger partial charge in [-0.25, -0.2) is 8.42 Å². The van der Waals surface area contributed by atoms with Gasteiger partial charge in [0, 0.05) is 12.2 Å². The lowest BCUT2D eigenvalue weighted by Crippen LogP contribution is -2.47. The minimum atomic E-state index is -3.87. The maximum Gasteiger partial charge on any atom is 0.249 e. The Kier molecular flexibility index (Phi) is 5.14. The van der Waals surface area contributed by atoms with E-state index in [-0.39, 0.29) is 13.0 Å². The van der Waals surface area contributed by atoms with Crippen molar-refractivity contribution in [2.75, 3.05) is 23.3 Å². The van der Waals surface area contributed by atoms with Crippen molar-refractivity contribution in [3.63, 3.8) is 0 Å². The van der Waals surface area contributed by atoms with Gasteiger partial charge in [-0.3, -0.25) is 9.10 Å². The zero-order valence-electron chi connectivity index (χ0n) is 16.9. The van der Waals surface area contributed by atoms with Gasteiger partial charge in [-0.15, -0.1) is 0 Å². The second-order valence-corrected chi connectivity index (χ2v) is 9.73. The van der Waals surface area contributed by atoms with Crippen LogP contribution in [0, 0.1) is 20.8 Å². The molecule has 1 fully saturated rings. The van der Waals surface area contributed by atoms with Gasteiger partial charge in [-0.05, 0) is 69.0 Å². The van der Waals surface area contributed by atoms with Gasteiger partial charge in [-0.1, -0.05) is 18.2 Å². The molecule has 0 saturated carbocycles. The molecule has 1 heterocycles. The second kappa shape index (κ2) is 7.13. The summed E-state index contributed by atoms with van der Waals surface area (Å²) in [6.07, 6.45) is 0.226. The topological polar surface area (TPSA) is 75.7 Å². The fourth-order valence-electron chi connectivity index (χ4n) is 3.63. The number of ether oxygens (including phenoxy) is 1. The van der Waals surface area contributed by atoms with Crippen LogP contribution in [0.5, 0.6) is 5.75 Å². The van der Waals surface area contributed by atoms with Crippen LogP contribution in [0.4, 0.5) is 11.4 Å². The number of anilines is 2. The minimum absolute atomic E-state index is 0.226. The SMILES string of the molecule is COc1ccc(NC(=O)[C@@]2(C)CCN(c3c(C)cccc3C)S2(=O)=O)c(C)c1. The monoisotopic (exact) mass is 402 g/mol. The predicted octanol–water partition coefficient (Wildman–Crippen LogP) is 3.56. The summed E-state index contributed by atoms with van der Waals surface area (Å²) in [7, 11) is -2.30. The Morgan fingerprint density at radius 3 is 2.32 bits per heavy atom. The van der Waals surface area contributed by atoms with Gasteiger partial charge in [0.25, 0.3) is 0 Å². The number of benzene rings is 2. The van der Waals surface area contributed by atoms with E-state index in [0.717, 1.165) is 16.7 Å². The van der Waals surface area contributed by atoms with E-state index in [2.05, 4.69) is 5.32 Å². The summed E-state index contributed by atoms with van der Waals surface area (Å²) < 4.78 is 31.8. The number of rotatable bonds is 4. The van der Waals surface area contributed by atoms with Gasteiger partial charge in [0.1, 0.15) is 5.75 Å². The highest BCUT2D eigenvalue weighted by molar-refractivity contribution is 7.95. The first-order chi connectivity index (χ1) is 13.1. The minimum Gasteiger partial charge on any atom is -0.497 e. The Morgan fingerprint density at radius 2 is 1.75 bits per heavy atom. The van der Waals surface area contributed by atoms with Gasteiger partial charge in [0.2, 0.25) is 15.9 Å². The van der Waals surface area contributed by atoms with Crippen molar-refractivity contribution in [3.05, 3.63) is 53.1 Å². The number of carbonyl (C=O) groups is 1. The fourth-order valence-corrected chi connectivity index (χ4v) is 5.61. The van der Waals surface area contributed by atoms with Crippen LogP contribution in [0.25, 0.3) is 0 Å². The largest absolute Gasteiger partial charge is 0.497 e. The average molecular weight is 403 g/mol.